The van der Waals surface area contributed by atoms with E-state index in [1.807, 2.05) is 6.07 Å². The molecule has 4 N–H and O–H groups in total. The minimum atomic E-state index is -0.353. The van der Waals surface area contributed by atoms with Gasteiger partial charge in [0.15, 0.2) is 0 Å². The van der Waals surface area contributed by atoms with E-state index in [1.54, 1.807) is 0 Å². The van der Waals surface area contributed by atoms with Crippen molar-refractivity contribution < 1.29 is 9.53 Å². The molecule has 3 rings (SSSR count). The highest BCUT2D eigenvalue weighted by Gasteiger charge is 2.29. The van der Waals surface area contributed by atoms with E-state index in [1.165, 1.54) is 16.6 Å². The summed E-state index contributed by atoms with van der Waals surface area (Å²) in [5, 5.41) is 4.17. The van der Waals surface area contributed by atoms with Crippen LogP contribution in [0.25, 0.3) is 10.9 Å². The number of aromatic nitrogens is 1. The molecule has 0 saturated carbocycles. The van der Waals surface area contributed by atoms with Gasteiger partial charge in [-0.3, -0.25) is 4.79 Å². The van der Waals surface area contributed by atoms with Gasteiger partial charge in [-0.2, -0.15) is 0 Å². The number of carbonyl (C=O) groups excluding carboxylic acids is 1. The molecular formula is C17H24ClN3O2. The Morgan fingerprint density at radius 2 is 2.17 bits per heavy atom. The van der Waals surface area contributed by atoms with Crippen LogP contribution in [0.1, 0.15) is 29.7 Å². The summed E-state index contributed by atoms with van der Waals surface area (Å²) in [5.74, 6) is -0.0435. The summed E-state index contributed by atoms with van der Waals surface area (Å²) in [4.78, 5) is 15.5. The van der Waals surface area contributed by atoms with Crippen LogP contribution in [0.5, 0.6) is 0 Å². The number of aryl methyl sites for hydroxylation is 2. The number of aromatic amines is 1. The number of hydrogen-bond acceptors (Lipinski definition) is 3. The van der Waals surface area contributed by atoms with Gasteiger partial charge in [-0.05, 0) is 49.9 Å². The molecule has 0 spiro atoms. The number of H-pyrrole nitrogens is 1. The summed E-state index contributed by atoms with van der Waals surface area (Å²) in [6.07, 6.45) is 1.29. The van der Waals surface area contributed by atoms with E-state index in [2.05, 4.69) is 36.3 Å². The molecule has 5 nitrogen and oxygen atoms in total. The molecule has 0 unspecified atom stereocenters. The number of hydrogen-bond donors (Lipinski definition) is 3. The quantitative estimate of drug-likeness (QED) is 0.801. The lowest BCUT2D eigenvalue weighted by Gasteiger charge is -2.12. The minimum Gasteiger partial charge on any atom is -0.364 e. The van der Waals surface area contributed by atoms with Crippen LogP contribution in [0.2, 0.25) is 0 Å². The molecule has 1 aromatic carbocycles. The third kappa shape index (κ3) is 3.68. The van der Waals surface area contributed by atoms with Crippen molar-refractivity contribution in [1.82, 2.24) is 10.3 Å². The molecule has 2 atom stereocenters. The maximum atomic E-state index is 12.1. The van der Waals surface area contributed by atoms with Gasteiger partial charge in [0.05, 0.1) is 6.10 Å². The summed E-state index contributed by atoms with van der Waals surface area (Å²) in [6.45, 7) is 5.18. The first-order valence-corrected chi connectivity index (χ1v) is 7.79. The number of benzene rings is 1. The van der Waals surface area contributed by atoms with Crippen LogP contribution in [-0.4, -0.2) is 29.6 Å². The highest BCUT2D eigenvalue weighted by Crippen LogP contribution is 2.23. The maximum Gasteiger partial charge on any atom is 0.249 e. The SMILES string of the molecule is Cc1[nH]c2ccc(CNC(=O)[C@@H]3CC[C@H](CN)O3)cc2c1C.Cl. The number of carbonyl (C=O) groups is 1. The molecule has 0 aliphatic carbocycles. The Bertz CT molecular complexity index is 698. The Labute approximate surface area is 142 Å². The summed E-state index contributed by atoms with van der Waals surface area (Å²) in [7, 11) is 0. The molecule has 0 radical (unpaired) electrons. The van der Waals surface area contributed by atoms with Gasteiger partial charge in [-0.1, -0.05) is 6.07 Å². The summed E-state index contributed by atoms with van der Waals surface area (Å²) in [6, 6.07) is 6.23. The normalized spacial score (nSPS) is 20.5. The lowest BCUT2D eigenvalue weighted by atomic mass is 10.1. The average Bonchev–Trinajstić information content (AvgIpc) is 3.11. The Morgan fingerprint density at radius 3 is 2.87 bits per heavy atom. The second kappa shape index (κ2) is 7.34. The molecule has 1 amide bonds. The zero-order chi connectivity index (χ0) is 15.7. The van der Waals surface area contributed by atoms with Crippen molar-refractivity contribution in [3.63, 3.8) is 0 Å². The summed E-state index contributed by atoms with van der Waals surface area (Å²) < 4.78 is 5.61. The first kappa shape index (κ1) is 17.8. The van der Waals surface area contributed by atoms with E-state index in [9.17, 15) is 4.79 Å². The van der Waals surface area contributed by atoms with Gasteiger partial charge in [-0.25, -0.2) is 0 Å². The molecular weight excluding hydrogens is 314 g/mol. The van der Waals surface area contributed by atoms with Crippen LogP contribution in [0.4, 0.5) is 0 Å². The molecule has 1 saturated heterocycles. The Hall–Kier alpha value is -1.56. The van der Waals surface area contributed by atoms with Gasteiger partial charge in [0.1, 0.15) is 6.10 Å². The van der Waals surface area contributed by atoms with Gasteiger partial charge < -0.3 is 20.8 Å². The van der Waals surface area contributed by atoms with E-state index in [-0.39, 0.29) is 30.5 Å². The van der Waals surface area contributed by atoms with Crippen LogP contribution < -0.4 is 11.1 Å². The fourth-order valence-electron chi connectivity index (χ4n) is 2.99. The summed E-state index contributed by atoms with van der Waals surface area (Å²) in [5.41, 5.74) is 10.2. The first-order valence-electron chi connectivity index (χ1n) is 7.79. The van der Waals surface area contributed by atoms with E-state index < -0.39 is 0 Å². The van der Waals surface area contributed by atoms with Gasteiger partial charge >= 0.3 is 0 Å². The number of nitrogens with one attached hydrogen (secondary N) is 2. The van der Waals surface area contributed by atoms with Gasteiger partial charge in [0.25, 0.3) is 0 Å². The zero-order valence-corrected chi connectivity index (χ0v) is 14.3. The molecule has 23 heavy (non-hydrogen) atoms. The number of nitrogens with two attached hydrogens (primary N) is 1. The van der Waals surface area contributed by atoms with E-state index in [4.69, 9.17) is 10.5 Å². The maximum absolute atomic E-state index is 12.1. The highest BCUT2D eigenvalue weighted by molar-refractivity contribution is 5.86. The average molecular weight is 338 g/mol. The first-order chi connectivity index (χ1) is 10.6. The Morgan fingerprint density at radius 1 is 1.39 bits per heavy atom. The lowest BCUT2D eigenvalue weighted by molar-refractivity contribution is -0.132. The van der Waals surface area contributed by atoms with E-state index >= 15 is 0 Å². The monoisotopic (exact) mass is 337 g/mol. The second-order valence-corrected chi connectivity index (χ2v) is 6.03. The van der Waals surface area contributed by atoms with Crippen molar-refractivity contribution in [2.24, 2.45) is 5.73 Å². The molecule has 1 fully saturated rings. The van der Waals surface area contributed by atoms with Crippen LogP contribution in [-0.2, 0) is 16.1 Å². The van der Waals surface area contributed by atoms with Crippen LogP contribution >= 0.6 is 12.4 Å². The van der Waals surface area contributed by atoms with Crippen molar-refractivity contribution in [3.05, 3.63) is 35.0 Å². The standard InChI is InChI=1S/C17H23N3O2.ClH/c1-10-11(2)20-15-5-3-12(7-14(10)15)9-19-17(21)16-6-4-13(8-18)22-16;/h3,5,7,13,16,20H,4,6,8-9,18H2,1-2H3,(H,19,21);1H/t13-,16+;/m1./s1. The molecule has 1 aromatic heterocycles. The van der Waals surface area contributed by atoms with Crippen LogP contribution in [0, 0.1) is 13.8 Å². The molecule has 2 heterocycles. The third-order valence-corrected chi connectivity index (χ3v) is 4.50. The molecule has 126 valence electrons. The van der Waals surface area contributed by atoms with E-state index in [0.29, 0.717) is 13.1 Å². The second-order valence-electron chi connectivity index (χ2n) is 6.03. The molecule has 1 aliphatic rings. The zero-order valence-electron chi connectivity index (χ0n) is 13.5. The van der Waals surface area contributed by atoms with Crippen molar-refractivity contribution in [2.45, 2.75) is 45.4 Å². The summed E-state index contributed by atoms with van der Waals surface area (Å²) >= 11 is 0. The fraction of sp³-hybridized carbons (Fsp3) is 0.471. The van der Waals surface area contributed by atoms with Crippen LogP contribution in [0.3, 0.4) is 0 Å². The van der Waals surface area contributed by atoms with Crippen LogP contribution in [0.15, 0.2) is 18.2 Å². The van der Waals surface area contributed by atoms with Crippen molar-refractivity contribution in [2.75, 3.05) is 6.54 Å². The Balaban J connectivity index is 0.00000192. The smallest absolute Gasteiger partial charge is 0.249 e. The predicted molar refractivity (Wildman–Crippen MR) is 93.8 cm³/mol. The number of ether oxygens (including phenoxy) is 1. The van der Waals surface area contributed by atoms with Gasteiger partial charge in [0, 0.05) is 29.7 Å². The number of amides is 1. The van der Waals surface area contributed by atoms with Gasteiger partial charge in [-0.15, -0.1) is 12.4 Å². The van der Waals surface area contributed by atoms with E-state index in [0.717, 1.165) is 23.9 Å². The largest absolute Gasteiger partial charge is 0.364 e. The molecule has 1 aliphatic heterocycles. The molecule has 6 heteroatoms. The van der Waals surface area contributed by atoms with Crippen molar-refractivity contribution >= 4 is 29.2 Å². The number of fused-ring (bicyclic) bond motifs is 1. The van der Waals surface area contributed by atoms with Crippen molar-refractivity contribution in [1.29, 1.82) is 0 Å². The third-order valence-electron chi connectivity index (χ3n) is 4.50. The van der Waals surface area contributed by atoms with Gasteiger partial charge in [0.2, 0.25) is 5.91 Å². The van der Waals surface area contributed by atoms with Crippen molar-refractivity contribution in [3.8, 4) is 0 Å². The predicted octanol–water partition coefficient (Wildman–Crippen LogP) is 2.33. The molecule has 2 aromatic rings. The highest BCUT2D eigenvalue weighted by atomic mass is 35.5. The topological polar surface area (TPSA) is 80.1 Å². The number of rotatable bonds is 4. The minimum absolute atomic E-state index is 0. The molecule has 0 bridgehead atoms. The Kier molecular flexibility index (Phi) is 5.68. The lowest BCUT2D eigenvalue weighted by Crippen LogP contribution is -2.35. The number of halogens is 1. The fourth-order valence-corrected chi connectivity index (χ4v) is 2.99.